The summed E-state index contributed by atoms with van der Waals surface area (Å²) in [7, 11) is 0. The number of rotatable bonds is 12. The quantitative estimate of drug-likeness (QED) is 0.254. The van der Waals surface area contributed by atoms with Crippen molar-refractivity contribution >= 4 is 6.29 Å². The molecule has 0 aromatic rings. The van der Waals surface area contributed by atoms with Crippen LogP contribution >= 0.6 is 0 Å². The average Bonchev–Trinajstić information content (AvgIpc) is 2.62. The first-order valence-electron chi connectivity index (χ1n) is 12.1. The van der Waals surface area contributed by atoms with Crippen molar-refractivity contribution in [1.82, 2.24) is 0 Å². The van der Waals surface area contributed by atoms with E-state index in [0.717, 1.165) is 30.1 Å². The summed E-state index contributed by atoms with van der Waals surface area (Å²) in [5.74, 6) is 4.22. The molecule has 2 fully saturated rings. The maximum atomic E-state index is 10.9. The number of carbonyl (C=O) groups excluding carboxylic acids is 1. The van der Waals surface area contributed by atoms with E-state index in [1.165, 1.54) is 109 Å². The van der Waals surface area contributed by atoms with Gasteiger partial charge in [-0.05, 0) is 55.8 Å². The van der Waals surface area contributed by atoms with Gasteiger partial charge in [0.25, 0.3) is 0 Å². The zero-order valence-corrected chi connectivity index (χ0v) is 17.9. The largest absolute Gasteiger partial charge is 0.303 e. The Kier molecular flexibility index (Phi) is 10.9. The highest BCUT2D eigenvalue weighted by atomic mass is 16.1. The summed E-state index contributed by atoms with van der Waals surface area (Å²) >= 11 is 0. The molecule has 0 aromatic carbocycles. The molecule has 0 spiro atoms. The number of aldehydes is 1. The fourth-order valence-electron chi connectivity index (χ4n) is 5.99. The molecule has 2 saturated carbocycles. The molecule has 0 aromatic heterocycles. The van der Waals surface area contributed by atoms with Gasteiger partial charge < -0.3 is 4.79 Å². The Morgan fingerprint density at radius 2 is 1.19 bits per heavy atom. The second-order valence-electron chi connectivity index (χ2n) is 10.1. The number of hydrogen-bond acceptors (Lipinski definition) is 1. The number of hydrogen-bond donors (Lipinski definition) is 0. The van der Waals surface area contributed by atoms with E-state index in [4.69, 9.17) is 0 Å². The van der Waals surface area contributed by atoms with Crippen molar-refractivity contribution < 1.29 is 4.79 Å². The van der Waals surface area contributed by atoms with Gasteiger partial charge in [-0.25, -0.2) is 0 Å². The van der Waals surface area contributed by atoms with Gasteiger partial charge in [-0.3, -0.25) is 0 Å². The van der Waals surface area contributed by atoms with Gasteiger partial charge in [0.05, 0.1) is 0 Å². The second kappa shape index (κ2) is 12.9. The van der Waals surface area contributed by atoms with Crippen molar-refractivity contribution in [2.24, 2.45) is 29.6 Å². The minimum Gasteiger partial charge on any atom is -0.303 e. The van der Waals surface area contributed by atoms with E-state index >= 15 is 0 Å². The van der Waals surface area contributed by atoms with Gasteiger partial charge in [-0.15, -0.1) is 0 Å². The molecule has 0 aliphatic heterocycles. The molecule has 2 rings (SSSR count). The van der Waals surface area contributed by atoms with Crippen molar-refractivity contribution in [3.05, 3.63) is 0 Å². The van der Waals surface area contributed by atoms with E-state index < -0.39 is 0 Å². The molecule has 2 aliphatic rings. The van der Waals surface area contributed by atoms with Gasteiger partial charge in [0, 0.05) is 5.92 Å². The Hall–Kier alpha value is -0.330. The smallest absolute Gasteiger partial charge is 0.123 e. The summed E-state index contributed by atoms with van der Waals surface area (Å²) in [5, 5.41) is 0. The minimum absolute atomic E-state index is 0.383. The van der Waals surface area contributed by atoms with Crippen molar-refractivity contribution in [2.45, 2.75) is 123 Å². The van der Waals surface area contributed by atoms with Gasteiger partial charge >= 0.3 is 0 Å². The van der Waals surface area contributed by atoms with Gasteiger partial charge in [0.1, 0.15) is 6.29 Å². The lowest BCUT2D eigenvalue weighted by atomic mass is 9.75. The van der Waals surface area contributed by atoms with Crippen molar-refractivity contribution in [2.75, 3.05) is 0 Å². The van der Waals surface area contributed by atoms with Crippen LogP contribution < -0.4 is 0 Å². The molecule has 26 heavy (non-hydrogen) atoms. The van der Waals surface area contributed by atoms with Crippen LogP contribution in [0, 0.1) is 29.6 Å². The summed E-state index contributed by atoms with van der Waals surface area (Å²) in [6.45, 7) is 4.91. The van der Waals surface area contributed by atoms with E-state index in [-0.39, 0.29) is 0 Å². The fourth-order valence-corrected chi connectivity index (χ4v) is 5.99. The highest BCUT2D eigenvalue weighted by molar-refractivity contribution is 5.53. The maximum Gasteiger partial charge on any atom is 0.123 e. The molecule has 1 nitrogen and oxygen atoms in total. The molecule has 0 N–H and O–H groups in total. The van der Waals surface area contributed by atoms with E-state index in [1.807, 2.05) is 0 Å². The predicted octanol–water partition coefficient (Wildman–Crippen LogP) is 7.97. The lowest BCUT2D eigenvalue weighted by Gasteiger charge is -2.31. The SMILES string of the molecule is CC1CC(C)CC(CCCCCCCCCCC2CCCC(C=O)C2)C1. The van der Waals surface area contributed by atoms with Crippen molar-refractivity contribution in [3.63, 3.8) is 0 Å². The molecule has 1 heteroatoms. The van der Waals surface area contributed by atoms with Crippen LogP contribution in [0.5, 0.6) is 0 Å². The topological polar surface area (TPSA) is 17.1 Å². The van der Waals surface area contributed by atoms with Crippen LogP contribution in [0.25, 0.3) is 0 Å². The molecule has 152 valence electrons. The van der Waals surface area contributed by atoms with Gasteiger partial charge in [-0.2, -0.15) is 0 Å². The summed E-state index contributed by atoms with van der Waals surface area (Å²) in [5.41, 5.74) is 0. The third-order valence-electron chi connectivity index (χ3n) is 7.27. The van der Waals surface area contributed by atoms with Gasteiger partial charge in [0.2, 0.25) is 0 Å². The first-order chi connectivity index (χ1) is 12.7. The molecule has 0 heterocycles. The Labute approximate surface area is 164 Å². The van der Waals surface area contributed by atoms with Crippen LogP contribution in [-0.4, -0.2) is 6.29 Å². The third-order valence-corrected chi connectivity index (χ3v) is 7.27. The highest BCUT2D eigenvalue weighted by Gasteiger charge is 2.23. The highest BCUT2D eigenvalue weighted by Crippen LogP contribution is 2.35. The van der Waals surface area contributed by atoms with Crippen LogP contribution in [0.2, 0.25) is 0 Å². The average molecular weight is 363 g/mol. The van der Waals surface area contributed by atoms with E-state index in [2.05, 4.69) is 13.8 Å². The number of unbranched alkanes of at least 4 members (excludes halogenated alkanes) is 7. The van der Waals surface area contributed by atoms with Gasteiger partial charge in [-0.1, -0.05) is 90.9 Å². The van der Waals surface area contributed by atoms with Crippen molar-refractivity contribution in [3.8, 4) is 0 Å². The standard InChI is InChI=1S/C25H46O/c1-21-16-22(2)18-24(17-21)13-10-8-6-4-3-5-7-9-12-23-14-11-15-25(19-23)20-26/h20-25H,3-19H2,1-2H3. The summed E-state index contributed by atoms with van der Waals surface area (Å²) in [6, 6.07) is 0. The van der Waals surface area contributed by atoms with Gasteiger partial charge in [0.15, 0.2) is 0 Å². The van der Waals surface area contributed by atoms with E-state index in [9.17, 15) is 4.79 Å². The third kappa shape index (κ3) is 9.05. The van der Waals surface area contributed by atoms with Crippen LogP contribution in [0.15, 0.2) is 0 Å². The second-order valence-corrected chi connectivity index (χ2v) is 10.1. The zero-order chi connectivity index (χ0) is 18.6. The van der Waals surface area contributed by atoms with Crippen LogP contribution in [0.4, 0.5) is 0 Å². The van der Waals surface area contributed by atoms with Crippen LogP contribution in [0.1, 0.15) is 123 Å². The predicted molar refractivity (Wildman–Crippen MR) is 113 cm³/mol. The first-order valence-corrected chi connectivity index (χ1v) is 12.1. The molecule has 0 bridgehead atoms. The molecular formula is C25H46O. The Morgan fingerprint density at radius 3 is 1.77 bits per heavy atom. The molecule has 0 amide bonds. The molecular weight excluding hydrogens is 316 g/mol. The zero-order valence-electron chi connectivity index (χ0n) is 17.9. The lowest BCUT2D eigenvalue weighted by molar-refractivity contribution is -0.112. The maximum absolute atomic E-state index is 10.9. The van der Waals surface area contributed by atoms with Crippen LogP contribution in [0.3, 0.4) is 0 Å². The molecule has 4 unspecified atom stereocenters. The van der Waals surface area contributed by atoms with E-state index in [1.54, 1.807) is 0 Å². The summed E-state index contributed by atoms with van der Waals surface area (Å²) in [6.07, 6.45) is 25.1. The Balaban J connectivity index is 1.35. The summed E-state index contributed by atoms with van der Waals surface area (Å²) < 4.78 is 0. The van der Waals surface area contributed by atoms with E-state index in [0.29, 0.717) is 5.92 Å². The fraction of sp³-hybridized carbons (Fsp3) is 0.960. The van der Waals surface area contributed by atoms with Crippen molar-refractivity contribution in [1.29, 1.82) is 0 Å². The first kappa shape index (κ1) is 22.0. The molecule has 2 aliphatic carbocycles. The Bertz CT molecular complexity index is 353. The molecule has 0 saturated heterocycles. The minimum atomic E-state index is 0.383. The summed E-state index contributed by atoms with van der Waals surface area (Å²) in [4.78, 5) is 10.9. The van der Waals surface area contributed by atoms with Crippen LogP contribution in [-0.2, 0) is 4.79 Å². The monoisotopic (exact) mass is 362 g/mol. The molecule has 0 radical (unpaired) electrons. The Morgan fingerprint density at radius 1 is 0.654 bits per heavy atom. The lowest BCUT2D eigenvalue weighted by Crippen LogP contribution is -2.19. The normalized spacial score (nSPS) is 32.5. The number of carbonyl (C=O) groups is 1. The molecule has 4 atom stereocenters.